The van der Waals surface area contributed by atoms with Crippen LogP contribution in [0, 0.1) is 13.8 Å². The number of halogens is 2. The molecule has 5 heteroatoms. The van der Waals surface area contributed by atoms with Gasteiger partial charge in [0.05, 0.1) is 5.69 Å². The monoisotopic (exact) mass is 201 g/mol. The second-order valence-electron chi connectivity index (χ2n) is 2.77. The summed E-state index contributed by atoms with van der Waals surface area (Å²) in [6.45, 7) is 0.301. The number of hydrogen-bond acceptors (Lipinski definition) is 3. The van der Waals surface area contributed by atoms with Crippen LogP contribution in [0.15, 0.2) is 6.07 Å². The van der Waals surface area contributed by atoms with Crippen molar-refractivity contribution in [2.45, 2.75) is 20.5 Å². The molecule has 0 N–H and O–H groups in total. The summed E-state index contributed by atoms with van der Waals surface area (Å²) >= 11 is 0. The summed E-state index contributed by atoms with van der Waals surface area (Å²) in [6, 6.07) is 1.31. The maximum atomic E-state index is 11.8. The SMILES string of the molecule is Cc1cc(OC(F)F)nc(C)c1C=O. The first-order valence-corrected chi connectivity index (χ1v) is 3.93. The largest absolute Gasteiger partial charge is 0.417 e. The van der Waals surface area contributed by atoms with Crippen molar-refractivity contribution in [3.8, 4) is 5.88 Å². The van der Waals surface area contributed by atoms with Crippen LogP contribution < -0.4 is 4.74 Å². The van der Waals surface area contributed by atoms with Crippen LogP contribution in [0.5, 0.6) is 5.88 Å². The van der Waals surface area contributed by atoms with Gasteiger partial charge in [-0.1, -0.05) is 0 Å². The molecule has 0 radical (unpaired) electrons. The summed E-state index contributed by atoms with van der Waals surface area (Å²) < 4.78 is 27.8. The van der Waals surface area contributed by atoms with Crippen molar-refractivity contribution in [3.05, 3.63) is 22.9 Å². The normalized spacial score (nSPS) is 10.4. The molecule has 0 atom stereocenters. The van der Waals surface area contributed by atoms with Crippen molar-refractivity contribution >= 4 is 6.29 Å². The second-order valence-corrected chi connectivity index (χ2v) is 2.77. The van der Waals surface area contributed by atoms with Gasteiger partial charge in [0.2, 0.25) is 5.88 Å². The zero-order valence-corrected chi connectivity index (χ0v) is 7.75. The molecule has 0 unspecified atom stereocenters. The zero-order chi connectivity index (χ0) is 10.7. The molecule has 0 bridgehead atoms. The van der Waals surface area contributed by atoms with E-state index in [0.717, 1.165) is 0 Å². The van der Waals surface area contributed by atoms with Gasteiger partial charge in [-0.05, 0) is 19.4 Å². The average molecular weight is 201 g/mol. The molecule has 0 saturated heterocycles. The predicted molar refractivity (Wildman–Crippen MR) is 45.7 cm³/mol. The Morgan fingerprint density at radius 2 is 2.14 bits per heavy atom. The first-order chi connectivity index (χ1) is 6.54. The minimum atomic E-state index is -2.90. The molecule has 0 amide bonds. The quantitative estimate of drug-likeness (QED) is 0.703. The predicted octanol–water partition coefficient (Wildman–Crippen LogP) is 2.11. The number of carbonyl (C=O) groups is 1. The highest BCUT2D eigenvalue weighted by Crippen LogP contribution is 2.17. The molecule has 0 aromatic carbocycles. The van der Waals surface area contributed by atoms with Gasteiger partial charge in [0.25, 0.3) is 0 Å². The van der Waals surface area contributed by atoms with E-state index in [4.69, 9.17) is 0 Å². The molecule has 1 aromatic rings. The smallest absolute Gasteiger partial charge is 0.388 e. The second kappa shape index (κ2) is 4.13. The van der Waals surface area contributed by atoms with E-state index in [1.54, 1.807) is 13.8 Å². The summed E-state index contributed by atoms with van der Waals surface area (Å²) in [7, 11) is 0. The highest BCUT2D eigenvalue weighted by Gasteiger charge is 2.10. The van der Waals surface area contributed by atoms with Crippen molar-refractivity contribution in [1.29, 1.82) is 0 Å². The fraction of sp³-hybridized carbons (Fsp3) is 0.333. The molecule has 0 saturated carbocycles. The fourth-order valence-corrected chi connectivity index (χ4v) is 1.14. The van der Waals surface area contributed by atoms with Gasteiger partial charge in [-0.3, -0.25) is 4.79 Å². The molecule has 0 aliphatic heterocycles. The van der Waals surface area contributed by atoms with Gasteiger partial charge in [0.15, 0.2) is 6.29 Å². The standard InChI is InChI=1S/C9H9F2NO2/c1-5-3-8(14-9(10)11)12-6(2)7(5)4-13/h3-4,9H,1-2H3. The Morgan fingerprint density at radius 3 is 2.57 bits per heavy atom. The molecule has 1 heterocycles. The minimum absolute atomic E-state index is 0.166. The Balaban J connectivity index is 3.07. The number of rotatable bonds is 3. The Morgan fingerprint density at radius 1 is 1.50 bits per heavy atom. The molecule has 76 valence electrons. The highest BCUT2D eigenvalue weighted by atomic mass is 19.3. The van der Waals surface area contributed by atoms with Crippen LogP contribution in [0.3, 0.4) is 0 Å². The van der Waals surface area contributed by atoms with Gasteiger partial charge in [0.1, 0.15) is 0 Å². The topological polar surface area (TPSA) is 39.2 Å². The Labute approximate surface area is 79.7 Å². The number of nitrogens with zero attached hydrogens (tertiary/aromatic N) is 1. The van der Waals surface area contributed by atoms with Crippen molar-refractivity contribution in [1.82, 2.24) is 4.98 Å². The Kier molecular flexibility index (Phi) is 3.11. The van der Waals surface area contributed by atoms with Gasteiger partial charge < -0.3 is 4.74 Å². The molecule has 0 fully saturated rings. The van der Waals surface area contributed by atoms with E-state index in [2.05, 4.69) is 9.72 Å². The molecule has 0 aliphatic carbocycles. The van der Waals surface area contributed by atoms with E-state index < -0.39 is 6.61 Å². The molecular formula is C9H9F2NO2. The van der Waals surface area contributed by atoms with E-state index in [1.807, 2.05) is 0 Å². The number of aromatic nitrogens is 1. The first kappa shape index (κ1) is 10.6. The average Bonchev–Trinajstić information content (AvgIpc) is 2.01. The van der Waals surface area contributed by atoms with Crippen LogP contribution in [0.25, 0.3) is 0 Å². The summed E-state index contributed by atoms with van der Waals surface area (Å²) in [6.07, 6.45) is 0.643. The summed E-state index contributed by atoms with van der Waals surface area (Å²) in [5.41, 5.74) is 1.37. The molecule has 0 spiro atoms. The lowest BCUT2D eigenvalue weighted by Crippen LogP contribution is -2.06. The van der Waals surface area contributed by atoms with Crippen molar-refractivity contribution < 1.29 is 18.3 Å². The maximum absolute atomic E-state index is 11.8. The fourth-order valence-electron chi connectivity index (χ4n) is 1.14. The molecule has 1 aromatic heterocycles. The van der Waals surface area contributed by atoms with Crippen LogP contribution in [-0.2, 0) is 0 Å². The number of alkyl halides is 2. The van der Waals surface area contributed by atoms with E-state index in [0.29, 0.717) is 23.1 Å². The van der Waals surface area contributed by atoms with E-state index >= 15 is 0 Å². The number of aldehydes is 1. The summed E-state index contributed by atoms with van der Waals surface area (Å²) in [5, 5.41) is 0. The van der Waals surface area contributed by atoms with Gasteiger partial charge in [-0.25, -0.2) is 4.98 Å². The van der Waals surface area contributed by atoms with E-state index in [1.165, 1.54) is 6.07 Å². The number of hydrogen-bond donors (Lipinski definition) is 0. The highest BCUT2D eigenvalue weighted by molar-refractivity contribution is 5.78. The number of ether oxygens (including phenoxy) is 1. The number of carbonyl (C=O) groups excluding carboxylic acids is 1. The van der Waals surface area contributed by atoms with Crippen molar-refractivity contribution in [2.75, 3.05) is 0 Å². The third-order valence-electron chi connectivity index (χ3n) is 1.76. The van der Waals surface area contributed by atoms with Gasteiger partial charge in [-0.2, -0.15) is 8.78 Å². The van der Waals surface area contributed by atoms with E-state index in [-0.39, 0.29) is 5.88 Å². The molecule has 14 heavy (non-hydrogen) atoms. The Bertz CT molecular complexity index is 330. The maximum Gasteiger partial charge on any atom is 0.388 e. The van der Waals surface area contributed by atoms with E-state index in [9.17, 15) is 13.6 Å². The zero-order valence-electron chi connectivity index (χ0n) is 7.75. The van der Waals surface area contributed by atoms with Crippen LogP contribution in [0.4, 0.5) is 8.78 Å². The van der Waals surface area contributed by atoms with Crippen LogP contribution in [-0.4, -0.2) is 17.9 Å². The summed E-state index contributed by atoms with van der Waals surface area (Å²) in [4.78, 5) is 14.3. The van der Waals surface area contributed by atoms with Crippen molar-refractivity contribution in [3.63, 3.8) is 0 Å². The third-order valence-corrected chi connectivity index (χ3v) is 1.76. The molecule has 1 rings (SSSR count). The van der Waals surface area contributed by atoms with Crippen LogP contribution in [0.1, 0.15) is 21.6 Å². The summed E-state index contributed by atoms with van der Waals surface area (Å²) in [5.74, 6) is -0.166. The van der Waals surface area contributed by atoms with Crippen LogP contribution in [0.2, 0.25) is 0 Å². The van der Waals surface area contributed by atoms with Crippen molar-refractivity contribution in [2.24, 2.45) is 0 Å². The number of pyridine rings is 1. The van der Waals surface area contributed by atoms with Gasteiger partial charge in [-0.15, -0.1) is 0 Å². The molecule has 0 aliphatic rings. The molecule has 3 nitrogen and oxygen atoms in total. The first-order valence-electron chi connectivity index (χ1n) is 3.93. The number of aryl methyl sites for hydroxylation is 2. The Hall–Kier alpha value is -1.52. The lowest BCUT2D eigenvalue weighted by atomic mass is 10.1. The van der Waals surface area contributed by atoms with Gasteiger partial charge in [0, 0.05) is 11.6 Å². The third kappa shape index (κ3) is 2.25. The lowest BCUT2D eigenvalue weighted by Gasteiger charge is -2.07. The molecular weight excluding hydrogens is 192 g/mol. The van der Waals surface area contributed by atoms with Crippen LogP contribution >= 0.6 is 0 Å². The minimum Gasteiger partial charge on any atom is -0.417 e. The lowest BCUT2D eigenvalue weighted by molar-refractivity contribution is -0.0529. The van der Waals surface area contributed by atoms with Gasteiger partial charge >= 0.3 is 6.61 Å².